The first-order valence-corrected chi connectivity index (χ1v) is 7.85. The monoisotopic (exact) mass is 286 g/mol. The van der Waals surface area contributed by atoms with E-state index in [2.05, 4.69) is 45.0 Å². The van der Waals surface area contributed by atoms with Crippen molar-refractivity contribution in [3.63, 3.8) is 0 Å². The number of aryl methyl sites for hydroxylation is 1. The topological polar surface area (TPSA) is 46.3 Å². The molecule has 1 aliphatic rings. The highest BCUT2D eigenvalue weighted by Gasteiger charge is 2.26. The number of carbonyl (C=O) groups is 1. The molecule has 3 heteroatoms. The average Bonchev–Trinajstić information content (AvgIpc) is 2.45. The number of amides is 1. The summed E-state index contributed by atoms with van der Waals surface area (Å²) in [7, 11) is 0. The maximum atomic E-state index is 12.5. The Morgan fingerprint density at radius 3 is 2.62 bits per heavy atom. The van der Waals surface area contributed by atoms with E-state index in [1.807, 2.05) is 4.90 Å². The average molecular weight is 286 g/mol. The minimum absolute atomic E-state index is 0.117. The summed E-state index contributed by atoms with van der Waals surface area (Å²) in [5.74, 6) is 0.117. The van der Waals surface area contributed by atoms with Gasteiger partial charge in [0.1, 0.15) is 0 Å². The maximum absolute atomic E-state index is 12.5. The van der Waals surface area contributed by atoms with Crippen molar-refractivity contribution in [2.45, 2.75) is 52.1 Å². The zero-order valence-corrected chi connectivity index (χ0v) is 13.3. The third-order valence-electron chi connectivity index (χ3n) is 4.30. The zero-order valence-electron chi connectivity index (χ0n) is 13.3. The molecule has 1 saturated heterocycles. The Hall–Kier alpha value is -1.61. The molecule has 21 heavy (non-hydrogen) atoms. The first-order chi connectivity index (χ1) is 10.0. The van der Waals surface area contributed by atoms with Gasteiger partial charge in [0, 0.05) is 24.7 Å². The molecule has 2 unspecified atom stereocenters. The number of carbonyl (C=O) groups excluding carboxylic acids is 1. The number of allylic oxidation sites excluding steroid dienone is 1. The molecule has 1 fully saturated rings. The molecule has 1 heterocycles. The van der Waals surface area contributed by atoms with Crippen molar-refractivity contribution in [3.05, 3.63) is 41.5 Å². The van der Waals surface area contributed by atoms with Crippen molar-refractivity contribution in [1.82, 2.24) is 4.90 Å². The van der Waals surface area contributed by atoms with Crippen molar-refractivity contribution in [1.29, 1.82) is 0 Å². The normalized spacial score (nSPS) is 23.2. The van der Waals surface area contributed by atoms with Crippen molar-refractivity contribution in [3.8, 4) is 0 Å². The van der Waals surface area contributed by atoms with Gasteiger partial charge in [-0.2, -0.15) is 0 Å². The van der Waals surface area contributed by atoms with Crippen LogP contribution in [0.5, 0.6) is 0 Å². The van der Waals surface area contributed by atoms with E-state index in [0.717, 1.165) is 36.9 Å². The van der Waals surface area contributed by atoms with Gasteiger partial charge in [-0.25, -0.2) is 0 Å². The SMILES string of the molecule is CC/C(=C\C(=O)N1CCC(N)CC1C)c1ccc(C)cc1. The molecule has 0 spiro atoms. The molecule has 0 aromatic heterocycles. The van der Waals surface area contributed by atoms with Gasteiger partial charge in [0.15, 0.2) is 0 Å². The second-order valence-corrected chi connectivity index (χ2v) is 6.05. The highest BCUT2D eigenvalue weighted by atomic mass is 16.2. The molecule has 2 N–H and O–H groups in total. The first kappa shape index (κ1) is 15.8. The van der Waals surface area contributed by atoms with Gasteiger partial charge in [0.25, 0.3) is 0 Å². The zero-order chi connectivity index (χ0) is 15.4. The first-order valence-electron chi connectivity index (χ1n) is 7.85. The van der Waals surface area contributed by atoms with E-state index in [4.69, 9.17) is 5.73 Å². The molecule has 0 saturated carbocycles. The van der Waals surface area contributed by atoms with Crippen molar-refractivity contribution in [2.75, 3.05) is 6.54 Å². The highest BCUT2D eigenvalue weighted by molar-refractivity contribution is 5.95. The Bertz CT molecular complexity index is 519. The lowest BCUT2D eigenvalue weighted by Gasteiger charge is -2.35. The number of hydrogen-bond acceptors (Lipinski definition) is 2. The van der Waals surface area contributed by atoms with Gasteiger partial charge < -0.3 is 10.6 Å². The summed E-state index contributed by atoms with van der Waals surface area (Å²) >= 11 is 0. The minimum atomic E-state index is 0.117. The van der Waals surface area contributed by atoms with E-state index >= 15 is 0 Å². The number of piperidine rings is 1. The lowest BCUT2D eigenvalue weighted by molar-refractivity contribution is -0.129. The van der Waals surface area contributed by atoms with Crippen LogP contribution in [-0.2, 0) is 4.79 Å². The number of likely N-dealkylation sites (tertiary alicyclic amines) is 1. The number of benzene rings is 1. The Balaban J connectivity index is 2.15. The second kappa shape index (κ2) is 6.90. The van der Waals surface area contributed by atoms with Crippen molar-refractivity contribution >= 4 is 11.5 Å². The molecule has 1 aromatic rings. The van der Waals surface area contributed by atoms with E-state index in [1.165, 1.54) is 5.56 Å². The van der Waals surface area contributed by atoms with Crippen LogP contribution in [0.1, 0.15) is 44.2 Å². The summed E-state index contributed by atoms with van der Waals surface area (Å²) < 4.78 is 0. The van der Waals surface area contributed by atoms with Gasteiger partial charge in [0.05, 0.1) is 0 Å². The van der Waals surface area contributed by atoms with Gasteiger partial charge in [-0.1, -0.05) is 36.8 Å². The molecular weight excluding hydrogens is 260 g/mol. The smallest absolute Gasteiger partial charge is 0.247 e. The molecule has 0 radical (unpaired) electrons. The molecule has 114 valence electrons. The Morgan fingerprint density at radius 2 is 2.05 bits per heavy atom. The Labute approximate surface area is 127 Å². The standard InChI is InChI=1S/C18H26N2O/c1-4-15(16-7-5-13(2)6-8-16)12-18(21)20-10-9-17(19)11-14(20)3/h5-8,12,14,17H,4,9-11,19H2,1-3H3/b15-12+. The molecule has 1 amide bonds. The van der Waals surface area contributed by atoms with E-state index < -0.39 is 0 Å². The van der Waals surface area contributed by atoms with Gasteiger partial charge >= 0.3 is 0 Å². The molecule has 3 nitrogen and oxygen atoms in total. The summed E-state index contributed by atoms with van der Waals surface area (Å²) in [5, 5.41) is 0. The number of rotatable bonds is 3. The van der Waals surface area contributed by atoms with Crippen LogP contribution in [0.3, 0.4) is 0 Å². The molecule has 2 rings (SSSR count). The minimum Gasteiger partial charge on any atom is -0.336 e. The van der Waals surface area contributed by atoms with Crippen LogP contribution in [0.2, 0.25) is 0 Å². The van der Waals surface area contributed by atoms with Gasteiger partial charge in [0.2, 0.25) is 5.91 Å². The molecule has 0 aliphatic carbocycles. The number of nitrogens with zero attached hydrogens (tertiary/aromatic N) is 1. The summed E-state index contributed by atoms with van der Waals surface area (Å²) in [5.41, 5.74) is 9.44. The van der Waals surface area contributed by atoms with E-state index in [1.54, 1.807) is 6.08 Å². The lowest BCUT2D eigenvalue weighted by atomic mass is 9.97. The fourth-order valence-electron chi connectivity index (χ4n) is 2.93. The van der Waals surface area contributed by atoms with E-state index in [-0.39, 0.29) is 18.0 Å². The fraction of sp³-hybridized carbons (Fsp3) is 0.500. The predicted molar refractivity (Wildman–Crippen MR) is 87.8 cm³/mol. The predicted octanol–water partition coefficient (Wildman–Crippen LogP) is 3.13. The summed E-state index contributed by atoms with van der Waals surface area (Å²) in [6.07, 6.45) is 4.45. The molecule has 2 atom stereocenters. The van der Waals surface area contributed by atoms with E-state index in [9.17, 15) is 4.79 Å². The largest absolute Gasteiger partial charge is 0.336 e. The Morgan fingerprint density at radius 1 is 1.38 bits per heavy atom. The fourth-order valence-corrected chi connectivity index (χ4v) is 2.93. The van der Waals surface area contributed by atoms with Crippen LogP contribution in [-0.4, -0.2) is 29.4 Å². The van der Waals surface area contributed by atoms with Crippen LogP contribution < -0.4 is 5.73 Å². The van der Waals surface area contributed by atoms with Crippen molar-refractivity contribution < 1.29 is 4.79 Å². The van der Waals surface area contributed by atoms with Crippen LogP contribution >= 0.6 is 0 Å². The van der Waals surface area contributed by atoms with Crippen LogP contribution in [0, 0.1) is 6.92 Å². The summed E-state index contributed by atoms with van der Waals surface area (Å²) in [6.45, 7) is 7.02. The lowest BCUT2D eigenvalue weighted by Crippen LogP contribution is -2.47. The summed E-state index contributed by atoms with van der Waals surface area (Å²) in [6, 6.07) is 8.82. The summed E-state index contributed by atoms with van der Waals surface area (Å²) in [4.78, 5) is 14.5. The molecular formula is C18H26N2O. The van der Waals surface area contributed by atoms with Gasteiger partial charge in [-0.05, 0) is 44.2 Å². The highest BCUT2D eigenvalue weighted by Crippen LogP contribution is 2.21. The van der Waals surface area contributed by atoms with Crippen molar-refractivity contribution in [2.24, 2.45) is 5.73 Å². The molecule has 0 bridgehead atoms. The van der Waals surface area contributed by atoms with Crippen LogP contribution in [0.15, 0.2) is 30.3 Å². The second-order valence-electron chi connectivity index (χ2n) is 6.05. The number of nitrogens with two attached hydrogens (primary N) is 1. The molecule has 1 aromatic carbocycles. The molecule has 1 aliphatic heterocycles. The van der Waals surface area contributed by atoms with Crippen LogP contribution in [0.25, 0.3) is 5.57 Å². The quantitative estimate of drug-likeness (QED) is 0.868. The van der Waals surface area contributed by atoms with Crippen LogP contribution in [0.4, 0.5) is 0 Å². The number of hydrogen-bond donors (Lipinski definition) is 1. The third kappa shape index (κ3) is 3.94. The Kier molecular flexibility index (Phi) is 5.18. The van der Waals surface area contributed by atoms with Gasteiger partial charge in [-0.15, -0.1) is 0 Å². The maximum Gasteiger partial charge on any atom is 0.247 e. The van der Waals surface area contributed by atoms with Gasteiger partial charge in [-0.3, -0.25) is 4.79 Å². The third-order valence-corrected chi connectivity index (χ3v) is 4.30. The van der Waals surface area contributed by atoms with E-state index in [0.29, 0.717) is 0 Å².